The smallest absolute Gasteiger partial charge is 0.408 e. The second-order valence-electron chi connectivity index (χ2n) is 12.6. The van der Waals surface area contributed by atoms with Crippen LogP contribution in [-0.4, -0.2) is 48.1 Å². The molecule has 2 N–H and O–H groups in total. The topological polar surface area (TPSA) is 97.0 Å². The highest BCUT2D eigenvalue weighted by Gasteiger charge is 2.38. The van der Waals surface area contributed by atoms with Crippen LogP contribution in [0.3, 0.4) is 0 Å². The number of benzene rings is 2. The lowest BCUT2D eigenvalue weighted by atomic mass is 9.93. The van der Waals surface area contributed by atoms with Crippen LogP contribution < -0.4 is 15.4 Å². The standard InChI is InChI=1S/C35H53N3O5/c1-10-11-12-13-14-15-23-38(33(40)30(24(2)3)37-34(41)43-35(6,7)8)31(29-18-16-17-25(4)26(29)5)32(39)36-27-19-21-28(42-9)22-20-27/h16-22,24,30-31H,10-15,23H2,1-9H3,(H,36,39)(H,37,41). The second kappa shape index (κ2) is 16.9. The van der Waals surface area contributed by atoms with Crippen molar-refractivity contribution in [2.24, 2.45) is 5.92 Å². The molecule has 2 aromatic carbocycles. The Kier molecular flexibility index (Phi) is 14.0. The summed E-state index contributed by atoms with van der Waals surface area (Å²) >= 11 is 0. The maximum atomic E-state index is 14.5. The third-order valence-corrected chi connectivity index (χ3v) is 7.50. The number of unbranched alkanes of at least 4 members (excludes halogenated alkanes) is 5. The first kappa shape index (κ1) is 35.6. The number of alkyl carbamates (subject to hydrolysis) is 1. The van der Waals surface area contributed by atoms with E-state index in [1.807, 2.05) is 45.9 Å². The van der Waals surface area contributed by atoms with E-state index in [1.165, 1.54) is 6.42 Å². The number of nitrogens with zero attached hydrogens (tertiary/aromatic N) is 1. The van der Waals surface area contributed by atoms with Crippen molar-refractivity contribution >= 4 is 23.6 Å². The molecule has 2 aromatic rings. The molecule has 2 atom stereocenters. The van der Waals surface area contributed by atoms with Gasteiger partial charge in [-0.15, -0.1) is 0 Å². The van der Waals surface area contributed by atoms with E-state index in [4.69, 9.17) is 9.47 Å². The average Bonchev–Trinajstić information content (AvgIpc) is 2.94. The Morgan fingerprint density at radius 3 is 2.12 bits per heavy atom. The number of rotatable bonds is 15. The number of methoxy groups -OCH3 is 1. The van der Waals surface area contributed by atoms with Crippen molar-refractivity contribution in [3.05, 3.63) is 59.2 Å². The van der Waals surface area contributed by atoms with Gasteiger partial charge in [-0.1, -0.05) is 71.1 Å². The van der Waals surface area contributed by atoms with Crippen LogP contribution in [0.15, 0.2) is 42.5 Å². The number of carbonyl (C=O) groups excluding carboxylic acids is 3. The van der Waals surface area contributed by atoms with Crippen molar-refractivity contribution in [3.63, 3.8) is 0 Å². The van der Waals surface area contributed by atoms with E-state index >= 15 is 0 Å². The highest BCUT2D eigenvalue weighted by Crippen LogP contribution is 2.30. The highest BCUT2D eigenvalue weighted by molar-refractivity contribution is 5.99. The number of nitrogens with one attached hydrogen (secondary N) is 2. The number of carbonyl (C=O) groups is 3. The van der Waals surface area contributed by atoms with Crippen LogP contribution in [0.25, 0.3) is 0 Å². The summed E-state index contributed by atoms with van der Waals surface area (Å²) in [5.74, 6) is -0.198. The van der Waals surface area contributed by atoms with Gasteiger partial charge in [0.1, 0.15) is 23.4 Å². The molecule has 0 aliphatic heterocycles. The molecule has 0 spiro atoms. The first-order valence-electron chi connectivity index (χ1n) is 15.6. The molecule has 0 bridgehead atoms. The molecule has 8 heteroatoms. The first-order valence-corrected chi connectivity index (χ1v) is 15.6. The molecule has 2 unspecified atom stereocenters. The van der Waals surface area contributed by atoms with Gasteiger partial charge in [0.15, 0.2) is 0 Å². The molecular formula is C35H53N3O5. The summed E-state index contributed by atoms with van der Waals surface area (Å²) in [6, 6.07) is 11.1. The molecule has 0 saturated heterocycles. The van der Waals surface area contributed by atoms with Crippen molar-refractivity contribution < 1.29 is 23.9 Å². The van der Waals surface area contributed by atoms with Gasteiger partial charge >= 0.3 is 6.09 Å². The Bertz CT molecular complexity index is 1190. The predicted octanol–water partition coefficient (Wildman–Crippen LogP) is 7.73. The molecule has 238 valence electrons. The molecule has 43 heavy (non-hydrogen) atoms. The molecule has 0 aliphatic rings. The summed E-state index contributed by atoms with van der Waals surface area (Å²) < 4.78 is 10.8. The van der Waals surface area contributed by atoms with Crippen LogP contribution in [0, 0.1) is 19.8 Å². The molecule has 0 aromatic heterocycles. The minimum Gasteiger partial charge on any atom is -0.497 e. The van der Waals surface area contributed by atoms with Gasteiger partial charge in [0.2, 0.25) is 5.91 Å². The Labute approximate surface area is 258 Å². The third kappa shape index (κ3) is 11.2. The van der Waals surface area contributed by atoms with Gasteiger partial charge in [0.25, 0.3) is 5.91 Å². The van der Waals surface area contributed by atoms with Crippen molar-refractivity contribution in [2.45, 2.75) is 112 Å². The lowest BCUT2D eigenvalue weighted by Gasteiger charge is -2.36. The highest BCUT2D eigenvalue weighted by atomic mass is 16.6. The summed E-state index contributed by atoms with van der Waals surface area (Å²) in [4.78, 5) is 43.2. The number of anilines is 1. The van der Waals surface area contributed by atoms with Gasteiger partial charge in [-0.2, -0.15) is 0 Å². The monoisotopic (exact) mass is 595 g/mol. The van der Waals surface area contributed by atoms with E-state index < -0.39 is 23.8 Å². The van der Waals surface area contributed by atoms with E-state index in [9.17, 15) is 14.4 Å². The molecule has 8 nitrogen and oxygen atoms in total. The predicted molar refractivity (Wildman–Crippen MR) is 173 cm³/mol. The maximum Gasteiger partial charge on any atom is 0.408 e. The van der Waals surface area contributed by atoms with E-state index in [2.05, 4.69) is 17.6 Å². The normalized spacial score (nSPS) is 12.8. The number of hydrogen-bond acceptors (Lipinski definition) is 5. The fourth-order valence-corrected chi connectivity index (χ4v) is 4.96. The number of ether oxygens (including phenoxy) is 2. The van der Waals surface area contributed by atoms with Gasteiger partial charge in [0, 0.05) is 12.2 Å². The summed E-state index contributed by atoms with van der Waals surface area (Å²) in [5.41, 5.74) is 2.61. The second-order valence-corrected chi connectivity index (χ2v) is 12.6. The SMILES string of the molecule is CCCCCCCCN(C(=O)C(NC(=O)OC(C)(C)C)C(C)C)C(C(=O)Nc1ccc(OC)cc1)c1cccc(C)c1C. The summed E-state index contributed by atoms with van der Waals surface area (Å²) in [5, 5.41) is 5.84. The maximum absolute atomic E-state index is 14.5. The molecule has 0 radical (unpaired) electrons. The number of amides is 3. The Balaban J connectivity index is 2.55. The van der Waals surface area contributed by atoms with E-state index in [0.717, 1.165) is 48.8 Å². The van der Waals surface area contributed by atoms with Crippen molar-refractivity contribution in [2.75, 3.05) is 19.0 Å². The largest absolute Gasteiger partial charge is 0.497 e. The van der Waals surface area contributed by atoms with Crippen molar-refractivity contribution in [1.82, 2.24) is 10.2 Å². The van der Waals surface area contributed by atoms with Crippen LogP contribution in [0.5, 0.6) is 5.75 Å². The fraction of sp³-hybridized carbons (Fsp3) is 0.571. The molecule has 0 fully saturated rings. The van der Waals surface area contributed by atoms with Gasteiger partial charge in [-0.05, 0) is 87.9 Å². The van der Waals surface area contributed by atoms with E-state index in [1.54, 1.807) is 57.0 Å². The van der Waals surface area contributed by atoms with Crippen LogP contribution in [0.1, 0.15) is 103 Å². The molecule has 3 amide bonds. The Morgan fingerprint density at radius 2 is 1.53 bits per heavy atom. The van der Waals surface area contributed by atoms with Gasteiger partial charge < -0.3 is 25.0 Å². The summed E-state index contributed by atoms with van der Waals surface area (Å²) in [6.45, 7) is 15.6. The number of aryl methyl sites for hydroxylation is 1. The first-order chi connectivity index (χ1) is 20.3. The minimum absolute atomic E-state index is 0.240. The quantitative estimate of drug-likeness (QED) is 0.205. The Morgan fingerprint density at radius 1 is 0.907 bits per heavy atom. The average molecular weight is 596 g/mol. The molecular weight excluding hydrogens is 542 g/mol. The van der Waals surface area contributed by atoms with E-state index in [-0.39, 0.29) is 17.7 Å². The zero-order chi connectivity index (χ0) is 32.2. The lowest BCUT2D eigenvalue weighted by Crippen LogP contribution is -2.54. The zero-order valence-electron chi connectivity index (χ0n) is 27.7. The fourth-order valence-electron chi connectivity index (χ4n) is 4.96. The lowest BCUT2D eigenvalue weighted by molar-refractivity contribution is -0.141. The summed E-state index contributed by atoms with van der Waals surface area (Å²) in [6.07, 6.45) is 5.54. The zero-order valence-corrected chi connectivity index (χ0v) is 27.7. The van der Waals surface area contributed by atoms with E-state index in [0.29, 0.717) is 18.0 Å². The molecule has 2 rings (SSSR count). The van der Waals surface area contributed by atoms with Crippen LogP contribution in [0.4, 0.5) is 10.5 Å². The van der Waals surface area contributed by atoms with Crippen molar-refractivity contribution in [1.29, 1.82) is 0 Å². The Hall–Kier alpha value is -3.55. The van der Waals surface area contributed by atoms with Crippen molar-refractivity contribution in [3.8, 4) is 5.75 Å². The summed E-state index contributed by atoms with van der Waals surface area (Å²) in [7, 11) is 1.59. The van der Waals surface area contributed by atoms with Crippen LogP contribution in [-0.2, 0) is 14.3 Å². The van der Waals surface area contributed by atoms with Crippen LogP contribution >= 0.6 is 0 Å². The van der Waals surface area contributed by atoms with Crippen LogP contribution in [0.2, 0.25) is 0 Å². The van der Waals surface area contributed by atoms with Gasteiger partial charge in [-0.3, -0.25) is 9.59 Å². The number of hydrogen-bond donors (Lipinski definition) is 2. The van der Waals surface area contributed by atoms with Gasteiger partial charge in [0.05, 0.1) is 7.11 Å². The van der Waals surface area contributed by atoms with Gasteiger partial charge in [-0.25, -0.2) is 4.79 Å². The molecule has 0 heterocycles. The molecule has 0 saturated carbocycles. The third-order valence-electron chi connectivity index (χ3n) is 7.50. The minimum atomic E-state index is -0.910. The molecule has 0 aliphatic carbocycles.